The quantitative estimate of drug-likeness (QED) is 0.730. The summed E-state index contributed by atoms with van der Waals surface area (Å²) in [5, 5.41) is 21.5. The number of rotatable bonds is 7. The second-order valence-electron chi connectivity index (χ2n) is 6.79. The van der Waals surface area contributed by atoms with Crippen LogP contribution in [-0.4, -0.2) is 18.2 Å². The zero-order valence-corrected chi connectivity index (χ0v) is 15.2. The number of benzene rings is 1. The lowest BCUT2D eigenvalue weighted by Gasteiger charge is -2.41. The van der Waals surface area contributed by atoms with Gasteiger partial charge in [-0.2, -0.15) is 14.0 Å². The van der Waals surface area contributed by atoms with Crippen LogP contribution in [-0.2, 0) is 9.53 Å². The molecule has 2 rings (SSSR count). The predicted molar refractivity (Wildman–Crippen MR) is 91.2 cm³/mol. The first-order valence-electron chi connectivity index (χ1n) is 8.39. The number of ether oxygens (including phenoxy) is 2. The molecule has 0 radical (unpaired) electrons. The number of carbonyl (C=O) groups excluding carboxylic acids is 1. The van der Waals surface area contributed by atoms with Crippen molar-refractivity contribution in [2.24, 2.45) is 11.3 Å². The molecule has 7 heteroatoms. The number of halogens is 2. The number of hydrogen-bond acceptors (Lipinski definition) is 5. The first-order valence-corrected chi connectivity index (χ1v) is 8.39. The highest BCUT2D eigenvalue weighted by Gasteiger charge is 2.47. The standard InChI is InChI=1S/C20H21F2NO4/c1-13(2)20(12-23,17(24)25)14-9-10-16(26-18(21)22)19(3,11-14)27-15-7-5-4-6-8-15/h4-10,13,18H,11H2,1-3H3,(H,24,25)/p-1. The van der Waals surface area contributed by atoms with Crippen LogP contribution in [0.3, 0.4) is 0 Å². The molecule has 1 aliphatic carbocycles. The molecule has 2 unspecified atom stereocenters. The monoisotopic (exact) mass is 376 g/mol. The number of carboxylic acids is 1. The number of para-hydroxylation sites is 1. The van der Waals surface area contributed by atoms with Crippen molar-refractivity contribution in [3.05, 3.63) is 53.8 Å². The minimum absolute atomic E-state index is 0.125. The van der Waals surface area contributed by atoms with Crippen LogP contribution in [0.5, 0.6) is 5.75 Å². The van der Waals surface area contributed by atoms with Crippen molar-refractivity contribution in [1.82, 2.24) is 0 Å². The van der Waals surface area contributed by atoms with Crippen LogP contribution in [0.25, 0.3) is 0 Å². The molecule has 0 heterocycles. The number of allylic oxidation sites excluding steroid dienone is 2. The summed E-state index contributed by atoms with van der Waals surface area (Å²) in [4.78, 5) is 11.8. The average molecular weight is 376 g/mol. The molecule has 0 saturated carbocycles. The van der Waals surface area contributed by atoms with Crippen LogP contribution < -0.4 is 9.84 Å². The molecule has 0 saturated heterocycles. The molecule has 0 N–H and O–H groups in total. The van der Waals surface area contributed by atoms with Gasteiger partial charge in [-0.25, -0.2) is 0 Å². The Morgan fingerprint density at radius 3 is 2.41 bits per heavy atom. The van der Waals surface area contributed by atoms with E-state index in [1.165, 1.54) is 19.1 Å². The Labute approximate surface area is 156 Å². The maximum atomic E-state index is 12.9. The largest absolute Gasteiger partial charge is 0.548 e. The molecule has 2 atom stereocenters. The van der Waals surface area contributed by atoms with Gasteiger partial charge >= 0.3 is 6.61 Å². The van der Waals surface area contributed by atoms with Gasteiger partial charge in [0.1, 0.15) is 16.9 Å². The topological polar surface area (TPSA) is 82.4 Å². The zero-order valence-electron chi connectivity index (χ0n) is 15.2. The molecule has 5 nitrogen and oxygen atoms in total. The van der Waals surface area contributed by atoms with Crippen LogP contribution in [0.4, 0.5) is 8.78 Å². The van der Waals surface area contributed by atoms with E-state index in [9.17, 15) is 23.9 Å². The Balaban J connectivity index is 2.52. The number of nitriles is 1. The van der Waals surface area contributed by atoms with Crippen LogP contribution >= 0.6 is 0 Å². The summed E-state index contributed by atoms with van der Waals surface area (Å²) in [5.74, 6) is -1.91. The lowest BCUT2D eigenvalue weighted by Crippen LogP contribution is -2.49. The minimum Gasteiger partial charge on any atom is -0.548 e. The molecule has 1 aromatic rings. The first kappa shape index (κ1) is 20.4. The molecule has 144 valence electrons. The van der Waals surface area contributed by atoms with Gasteiger partial charge in [0.15, 0.2) is 5.60 Å². The lowest BCUT2D eigenvalue weighted by molar-refractivity contribution is -0.316. The first-order chi connectivity index (χ1) is 12.7. The van der Waals surface area contributed by atoms with Gasteiger partial charge in [0.2, 0.25) is 0 Å². The maximum Gasteiger partial charge on any atom is 0.387 e. The summed E-state index contributed by atoms with van der Waals surface area (Å²) in [6.45, 7) is 1.62. The van der Waals surface area contributed by atoms with Gasteiger partial charge in [-0.3, -0.25) is 0 Å². The van der Waals surface area contributed by atoms with Gasteiger partial charge in [-0.15, -0.1) is 0 Å². The Bertz CT molecular complexity index is 798. The number of alkyl halides is 2. The van der Waals surface area contributed by atoms with Gasteiger partial charge < -0.3 is 19.4 Å². The number of hydrogen-bond donors (Lipinski definition) is 0. The molecule has 0 aromatic heterocycles. The second kappa shape index (κ2) is 7.78. The zero-order chi connectivity index (χ0) is 20.2. The van der Waals surface area contributed by atoms with Crippen molar-refractivity contribution < 1.29 is 28.2 Å². The van der Waals surface area contributed by atoms with Crippen LogP contribution in [0.15, 0.2) is 53.8 Å². The summed E-state index contributed by atoms with van der Waals surface area (Å²) in [5.41, 5.74) is -3.12. The number of carboxylic acid groups (broad SMARTS) is 1. The summed E-state index contributed by atoms with van der Waals surface area (Å²) < 4.78 is 36.2. The van der Waals surface area contributed by atoms with Gasteiger partial charge in [-0.05, 0) is 36.6 Å². The number of aliphatic carboxylic acids is 1. The summed E-state index contributed by atoms with van der Waals surface area (Å²) in [6.07, 6.45) is 2.43. The van der Waals surface area contributed by atoms with Crippen molar-refractivity contribution >= 4 is 5.97 Å². The van der Waals surface area contributed by atoms with Crippen molar-refractivity contribution in [2.75, 3.05) is 0 Å². The molecule has 0 fully saturated rings. The van der Waals surface area contributed by atoms with Crippen LogP contribution in [0.1, 0.15) is 27.2 Å². The van der Waals surface area contributed by atoms with E-state index >= 15 is 0 Å². The Morgan fingerprint density at radius 1 is 1.30 bits per heavy atom. The van der Waals surface area contributed by atoms with E-state index in [4.69, 9.17) is 4.74 Å². The van der Waals surface area contributed by atoms with Crippen LogP contribution in [0, 0.1) is 22.7 Å². The summed E-state index contributed by atoms with van der Waals surface area (Å²) in [7, 11) is 0. The number of nitrogens with zero attached hydrogens (tertiary/aromatic N) is 1. The van der Waals surface area contributed by atoms with Gasteiger partial charge in [0.05, 0.1) is 12.0 Å². The molecule has 0 amide bonds. The van der Waals surface area contributed by atoms with Gasteiger partial charge in [0.25, 0.3) is 0 Å². The third-order valence-electron chi connectivity index (χ3n) is 4.66. The minimum atomic E-state index is -3.07. The predicted octanol–water partition coefficient (Wildman–Crippen LogP) is 3.19. The molecule has 1 aromatic carbocycles. The van der Waals surface area contributed by atoms with E-state index < -0.39 is 29.5 Å². The normalized spacial score (nSPS) is 21.7. The SMILES string of the molecule is CC(C)C(C#N)(C(=O)[O-])C1=CC=C(OC(F)F)C(C)(Oc2ccccc2)C1. The molecule has 0 bridgehead atoms. The fraction of sp³-hybridized carbons (Fsp3) is 0.400. The molecular formula is C20H20F2NO4-. The van der Waals surface area contributed by atoms with Gasteiger partial charge in [-0.1, -0.05) is 38.1 Å². The smallest absolute Gasteiger partial charge is 0.387 e. The maximum absolute atomic E-state index is 12.9. The third-order valence-corrected chi connectivity index (χ3v) is 4.66. The molecule has 1 aliphatic rings. The molecule has 0 aliphatic heterocycles. The van der Waals surface area contributed by atoms with Crippen molar-refractivity contribution in [2.45, 2.75) is 39.4 Å². The Morgan fingerprint density at radius 2 is 1.93 bits per heavy atom. The Hall–Kier alpha value is -2.88. The van der Waals surface area contributed by atoms with E-state index in [1.807, 2.05) is 6.07 Å². The second-order valence-corrected chi connectivity index (χ2v) is 6.79. The molecule has 27 heavy (non-hydrogen) atoms. The molecule has 0 spiro atoms. The average Bonchev–Trinajstić information content (AvgIpc) is 2.58. The Kier molecular flexibility index (Phi) is 5.89. The van der Waals surface area contributed by atoms with Gasteiger partial charge in [0, 0.05) is 6.42 Å². The van der Waals surface area contributed by atoms with Crippen LogP contribution in [0.2, 0.25) is 0 Å². The lowest BCUT2D eigenvalue weighted by atomic mass is 9.67. The third kappa shape index (κ3) is 3.95. The van der Waals surface area contributed by atoms with E-state index in [0.29, 0.717) is 5.75 Å². The van der Waals surface area contributed by atoms with E-state index in [1.54, 1.807) is 44.2 Å². The van der Waals surface area contributed by atoms with E-state index in [2.05, 4.69) is 4.74 Å². The highest BCUT2D eigenvalue weighted by Crippen LogP contribution is 2.45. The summed E-state index contributed by atoms with van der Waals surface area (Å²) in [6, 6.07) is 10.3. The van der Waals surface area contributed by atoms with E-state index in [0.717, 1.165) is 0 Å². The highest BCUT2D eigenvalue weighted by molar-refractivity contribution is 5.81. The fourth-order valence-corrected chi connectivity index (χ4v) is 3.21. The number of carbonyl (C=O) groups is 1. The fourth-order valence-electron chi connectivity index (χ4n) is 3.21. The summed E-state index contributed by atoms with van der Waals surface area (Å²) >= 11 is 0. The molecular weight excluding hydrogens is 356 g/mol. The van der Waals surface area contributed by atoms with Crippen molar-refractivity contribution in [1.29, 1.82) is 5.26 Å². The van der Waals surface area contributed by atoms with Crippen molar-refractivity contribution in [3.8, 4) is 11.8 Å². The van der Waals surface area contributed by atoms with Crippen molar-refractivity contribution in [3.63, 3.8) is 0 Å². The highest BCUT2D eigenvalue weighted by atomic mass is 19.3. The van der Waals surface area contributed by atoms with E-state index in [-0.39, 0.29) is 17.8 Å².